The number of nitrogens with zero attached hydrogens (tertiary/aromatic N) is 2. The maximum atomic E-state index is 12.5. The Kier molecular flexibility index (Phi) is 4.89. The number of ether oxygens (including phenoxy) is 1. The number of aryl methyl sites for hydroxylation is 1. The van der Waals surface area contributed by atoms with E-state index in [1.807, 2.05) is 0 Å². The molecule has 1 fully saturated rings. The van der Waals surface area contributed by atoms with Crippen molar-refractivity contribution >= 4 is 0 Å². The Morgan fingerprint density at radius 2 is 2.24 bits per heavy atom. The van der Waals surface area contributed by atoms with E-state index in [2.05, 4.69) is 31.9 Å². The van der Waals surface area contributed by atoms with Gasteiger partial charge in [-0.25, -0.2) is 0 Å². The molecule has 0 aromatic carbocycles. The second-order valence-electron chi connectivity index (χ2n) is 6.75. The van der Waals surface area contributed by atoms with Gasteiger partial charge in [-0.05, 0) is 25.7 Å². The summed E-state index contributed by atoms with van der Waals surface area (Å²) in [6, 6.07) is 2.13. The lowest BCUT2D eigenvalue weighted by atomic mass is 9.88. The summed E-state index contributed by atoms with van der Waals surface area (Å²) >= 11 is 0. The number of H-pyrrole nitrogens is 1. The number of rotatable bonds is 5. The van der Waals surface area contributed by atoms with Crippen molar-refractivity contribution in [2.75, 3.05) is 6.61 Å². The molecular weight excluding hydrogens is 266 g/mol. The van der Waals surface area contributed by atoms with Crippen LogP contribution >= 0.6 is 0 Å². The molecule has 1 N–H and O–H groups in total. The molecule has 1 saturated heterocycles. The van der Waals surface area contributed by atoms with Crippen molar-refractivity contribution in [2.24, 2.45) is 0 Å². The van der Waals surface area contributed by atoms with Crippen LogP contribution in [0.25, 0.3) is 0 Å². The lowest BCUT2D eigenvalue weighted by Crippen LogP contribution is -2.22. The van der Waals surface area contributed by atoms with E-state index in [0.29, 0.717) is 19.4 Å². The molecule has 0 spiro atoms. The van der Waals surface area contributed by atoms with Crippen LogP contribution in [-0.4, -0.2) is 22.5 Å². The molecule has 0 saturated carbocycles. The first kappa shape index (κ1) is 15.8. The standard InChI is InChI=1S/C16H25N3O2/c1-16(2,3)14-13(7-4-9-17)15(20)19(18-14)10-8-12-6-5-11-21-12/h12,18H,4-8,10-11H2,1-3H3/t12-/m1/s1. The van der Waals surface area contributed by atoms with Gasteiger partial charge in [-0.15, -0.1) is 0 Å². The second-order valence-corrected chi connectivity index (χ2v) is 6.75. The highest BCUT2D eigenvalue weighted by molar-refractivity contribution is 5.25. The number of aromatic nitrogens is 2. The number of hydrogen-bond donors (Lipinski definition) is 1. The predicted molar refractivity (Wildman–Crippen MR) is 81.3 cm³/mol. The van der Waals surface area contributed by atoms with Crippen LogP contribution in [0.5, 0.6) is 0 Å². The monoisotopic (exact) mass is 291 g/mol. The number of nitrogens with one attached hydrogen (secondary N) is 1. The maximum Gasteiger partial charge on any atom is 0.269 e. The quantitative estimate of drug-likeness (QED) is 0.906. The Bertz CT molecular complexity index is 566. The summed E-state index contributed by atoms with van der Waals surface area (Å²) < 4.78 is 7.30. The van der Waals surface area contributed by atoms with E-state index in [-0.39, 0.29) is 17.1 Å². The molecule has 1 aromatic rings. The highest BCUT2D eigenvalue weighted by atomic mass is 16.5. The van der Waals surface area contributed by atoms with Gasteiger partial charge in [0.05, 0.1) is 12.2 Å². The third-order valence-corrected chi connectivity index (χ3v) is 3.99. The fourth-order valence-electron chi connectivity index (χ4n) is 2.86. The molecule has 0 unspecified atom stereocenters. The molecule has 0 amide bonds. The van der Waals surface area contributed by atoms with Gasteiger partial charge in [0.2, 0.25) is 0 Å². The normalized spacial score (nSPS) is 18.9. The lowest BCUT2D eigenvalue weighted by Gasteiger charge is -2.18. The van der Waals surface area contributed by atoms with Crippen LogP contribution in [0.4, 0.5) is 0 Å². The first-order chi connectivity index (χ1) is 9.93. The zero-order valence-corrected chi connectivity index (χ0v) is 13.2. The van der Waals surface area contributed by atoms with Crippen molar-refractivity contribution in [1.29, 1.82) is 5.26 Å². The van der Waals surface area contributed by atoms with E-state index < -0.39 is 0 Å². The largest absolute Gasteiger partial charge is 0.378 e. The van der Waals surface area contributed by atoms with Crippen molar-refractivity contribution in [2.45, 2.75) is 70.9 Å². The Balaban J connectivity index is 2.19. The number of nitriles is 1. The van der Waals surface area contributed by atoms with E-state index in [4.69, 9.17) is 10.00 Å². The molecule has 2 rings (SSSR count). The molecule has 5 heteroatoms. The smallest absolute Gasteiger partial charge is 0.269 e. The van der Waals surface area contributed by atoms with Crippen LogP contribution in [-0.2, 0) is 23.1 Å². The third kappa shape index (κ3) is 3.76. The molecule has 1 aromatic heterocycles. The SMILES string of the molecule is CC(C)(C)c1[nH]n(CC[C@H]2CCCO2)c(=O)c1CCC#N. The van der Waals surface area contributed by atoms with Gasteiger partial charge in [0, 0.05) is 36.2 Å². The predicted octanol–water partition coefficient (Wildman–Crippen LogP) is 2.50. The average Bonchev–Trinajstić information content (AvgIpc) is 3.02. The van der Waals surface area contributed by atoms with Crippen LogP contribution in [0.1, 0.15) is 57.7 Å². The zero-order chi connectivity index (χ0) is 15.5. The van der Waals surface area contributed by atoms with Gasteiger partial charge in [0.15, 0.2) is 0 Å². The van der Waals surface area contributed by atoms with Gasteiger partial charge in [-0.2, -0.15) is 5.26 Å². The van der Waals surface area contributed by atoms with Crippen molar-refractivity contribution in [1.82, 2.24) is 9.78 Å². The first-order valence-corrected chi connectivity index (χ1v) is 7.74. The summed E-state index contributed by atoms with van der Waals surface area (Å²) in [5.74, 6) is 0. The van der Waals surface area contributed by atoms with Crippen LogP contribution in [0.2, 0.25) is 0 Å². The van der Waals surface area contributed by atoms with Crippen molar-refractivity contribution in [3.8, 4) is 6.07 Å². The van der Waals surface area contributed by atoms with Crippen LogP contribution in [0, 0.1) is 11.3 Å². The maximum absolute atomic E-state index is 12.5. The summed E-state index contributed by atoms with van der Waals surface area (Å²) in [4.78, 5) is 12.5. The summed E-state index contributed by atoms with van der Waals surface area (Å²) in [6.07, 6.45) is 4.24. The van der Waals surface area contributed by atoms with Gasteiger partial charge in [0.1, 0.15) is 0 Å². The first-order valence-electron chi connectivity index (χ1n) is 7.74. The van der Waals surface area contributed by atoms with Gasteiger partial charge in [-0.3, -0.25) is 14.6 Å². The molecule has 21 heavy (non-hydrogen) atoms. The van der Waals surface area contributed by atoms with E-state index in [9.17, 15) is 4.79 Å². The minimum atomic E-state index is -0.126. The molecule has 116 valence electrons. The van der Waals surface area contributed by atoms with Crippen LogP contribution in [0.3, 0.4) is 0 Å². The van der Waals surface area contributed by atoms with E-state index in [1.165, 1.54) is 0 Å². The van der Waals surface area contributed by atoms with Gasteiger partial charge < -0.3 is 4.74 Å². The Hall–Kier alpha value is -1.54. The average molecular weight is 291 g/mol. The highest BCUT2D eigenvalue weighted by Crippen LogP contribution is 2.23. The van der Waals surface area contributed by atoms with Crippen molar-refractivity contribution < 1.29 is 4.74 Å². The summed E-state index contributed by atoms with van der Waals surface area (Å²) in [7, 11) is 0. The Morgan fingerprint density at radius 3 is 2.81 bits per heavy atom. The molecule has 0 aliphatic carbocycles. The minimum Gasteiger partial charge on any atom is -0.378 e. The fraction of sp³-hybridized carbons (Fsp3) is 0.750. The second kappa shape index (κ2) is 6.48. The van der Waals surface area contributed by atoms with Gasteiger partial charge in [0.25, 0.3) is 5.56 Å². The summed E-state index contributed by atoms with van der Waals surface area (Å²) in [5, 5.41) is 12.0. The number of aromatic amines is 1. The zero-order valence-electron chi connectivity index (χ0n) is 13.2. The molecule has 1 aliphatic rings. The molecule has 1 atom stereocenters. The molecule has 1 aliphatic heterocycles. The van der Waals surface area contributed by atoms with Gasteiger partial charge in [-0.1, -0.05) is 20.8 Å². The van der Waals surface area contributed by atoms with Gasteiger partial charge >= 0.3 is 0 Å². The molecule has 0 bridgehead atoms. The van der Waals surface area contributed by atoms with Crippen LogP contribution in [0.15, 0.2) is 4.79 Å². The van der Waals surface area contributed by atoms with E-state index >= 15 is 0 Å². The lowest BCUT2D eigenvalue weighted by molar-refractivity contribution is 0.0991. The molecule has 5 nitrogen and oxygen atoms in total. The van der Waals surface area contributed by atoms with Crippen molar-refractivity contribution in [3.05, 3.63) is 21.6 Å². The number of hydrogen-bond acceptors (Lipinski definition) is 3. The molecule has 0 radical (unpaired) electrons. The third-order valence-electron chi connectivity index (χ3n) is 3.99. The topological polar surface area (TPSA) is 70.8 Å². The summed E-state index contributed by atoms with van der Waals surface area (Å²) in [6.45, 7) is 7.74. The molecular formula is C16H25N3O2. The Morgan fingerprint density at radius 1 is 1.48 bits per heavy atom. The highest BCUT2D eigenvalue weighted by Gasteiger charge is 2.24. The van der Waals surface area contributed by atoms with Crippen molar-refractivity contribution in [3.63, 3.8) is 0 Å². The molecule has 2 heterocycles. The summed E-state index contributed by atoms with van der Waals surface area (Å²) in [5.41, 5.74) is 1.61. The van der Waals surface area contributed by atoms with Crippen LogP contribution < -0.4 is 5.56 Å². The Labute approximate surface area is 125 Å². The van der Waals surface area contributed by atoms with E-state index in [0.717, 1.165) is 37.1 Å². The minimum absolute atomic E-state index is 0.0215. The van der Waals surface area contributed by atoms with E-state index in [1.54, 1.807) is 4.68 Å². The fourth-order valence-corrected chi connectivity index (χ4v) is 2.86.